The molecule has 0 aromatic rings. The van der Waals surface area contributed by atoms with Crippen molar-refractivity contribution in [3.63, 3.8) is 0 Å². The first-order valence-electron chi connectivity index (χ1n) is 13.3. The molecule has 1 heterocycles. The Morgan fingerprint density at radius 2 is 1.48 bits per heavy atom. The fraction of sp³-hybridized carbons (Fsp3) is 0.815. The molecule has 180 valence electrons. The molecule has 1 rings (SSSR count). The highest BCUT2D eigenvalue weighted by molar-refractivity contribution is 5.72. The van der Waals surface area contributed by atoms with E-state index >= 15 is 0 Å². The van der Waals surface area contributed by atoms with Gasteiger partial charge in [-0.15, -0.1) is 0 Å². The zero-order valence-electron chi connectivity index (χ0n) is 21.0. The molecule has 1 amide bonds. The molecular formula is C27H52N3O+. The van der Waals surface area contributed by atoms with Crippen LogP contribution in [-0.4, -0.2) is 36.2 Å². The Hall–Kier alpha value is -1.29. The third-order valence-electron chi connectivity index (χ3n) is 6.76. The van der Waals surface area contributed by atoms with E-state index in [2.05, 4.69) is 49.0 Å². The maximum absolute atomic E-state index is 11.2. The Labute approximate surface area is 193 Å². The Balaban J connectivity index is 1.96. The molecule has 0 aromatic carbocycles. The average Bonchev–Trinajstić information content (AvgIpc) is 3.16. The van der Waals surface area contributed by atoms with E-state index < -0.39 is 0 Å². The van der Waals surface area contributed by atoms with Gasteiger partial charge in [0, 0.05) is 13.3 Å². The first-order valence-corrected chi connectivity index (χ1v) is 13.3. The molecule has 1 aliphatic rings. The third-order valence-corrected chi connectivity index (χ3v) is 6.76. The fourth-order valence-corrected chi connectivity index (χ4v) is 4.62. The second-order valence-electron chi connectivity index (χ2n) is 9.35. The van der Waals surface area contributed by atoms with Crippen LogP contribution in [0, 0.1) is 0 Å². The minimum Gasteiger partial charge on any atom is -0.351 e. The number of hydrogen-bond donors (Lipinski definition) is 2. The summed E-state index contributed by atoms with van der Waals surface area (Å²) < 4.78 is 0.953. The van der Waals surface area contributed by atoms with Gasteiger partial charge in [0.15, 0.2) is 6.17 Å². The number of hydrogen-bond acceptors (Lipinski definition) is 2. The van der Waals surface area contributed by atoms with E-state index in [1.54, 1.807) is 6.92 Å². The molecule has 0 aromatic heterocycles. The summed E-state index contributed by atoms with van der Waals surface area (Å²) in [5.74, 6) is 0.0666. The van der Waals surface area contributed by atoms with Crippen molar-refractivity contribution in [2.45, 2.75) is 123 Å². The lowest BCUT2D eigenvalue weighted by Gasteiger charge is -2.37. The number of carbonyl (C=O) groups is 1. The van der Waals surface area contributed by atoms with Gasteiger partial charge >= 0.3 is 0 Å². The molecular weight excluding hydrogens is 382 g/mol. The van der Waals surface area contributed by atoms with Crippen LogP contribution < -0.4 is 10.6 Å². The highest BCUT2D eigenvalue weighted by Gasteiger charge is 2.36. The Morgan fingerprint density at radius 3 is 2.06 bits per heavy atom. The molecule has 0 saturated carbocycles. The second-order valence-corrected chi connectivity index (χ2v) is 9.35. The summed E-state index contributed by atoms with van der Waals surface area (Å²) in [6, 6.07) is 0. The maximum atomic E-state index is 11.2. The van der Waals surface area contributed by atoms with Crippen LogP contribution in [-0.2, 0) is 4.79 Å². The molecule has 0 fully saturated rings. The van der Waals surface area contributed by atoms with Crippen LogP contribution in [0.3, 0.4) is 0 Å². The summed E-state index contributed by atoms with van der Waals surface area (Å²) in [6.45, 7) is 8.90. The molecule has 0 saturated heterocycles. The van der Waals surface area contributed by atoms with Crippen molar-refractivity contribution < 1.29 is 9.28 Å². The lowest BCUT2D eigenvalue weighted by atomic mass is 10.0. The van der Waals surface area contributed by atoms with Crippen molar-refractivity contribution >= 4 is 5.91 Å². The van der Waals surface area contributed by atoms with Gasteiger partial charge in [-0.05, 0) is 32.6 Å². The molecule has 1 aliphatic heterocycles. The molecule has 2 N–H and O–H groups in total. The Kier molecular flexibility index (Phi) is 16.4. The summed E-state index contributed by atoms with van der Waals surface area (Å²) in [5.41, 5.74) is 0. The van der Waals surface area contributed by atoms with Gasteiger partial charge in [-0.1, -0.05) is 83.3 Å². The summed E-state index contributed by atoms with van der Waals surface area (Å²) in [6.07, 6.45) is 29.9. The molecule has 31 heavy (non-hydrogen) atoms. The first-order chi connectivity index (χ1) is 15.1. The van der Waals surface area contributed by atoms with E-state index in [1.165, 1.54) is 96.3 Å². The van der Waals surface area contributed by atoms with Gasteiger partial charge in [-0.2, -0.15) is 0 Å². The van der Waals surface area contributed by atoms with Crippen molar-refractivity contribution in [3.8, 4) is 0 Å². The van der Waals surface area contributed by atoms with E-state index in [-0.39, 0.29) is 5.91 Å². The number of amides is 1. The number of quaternary nitrogens is 1. The Morgan fingerprint density at radius 1 is 0.903 bits per heavy atom. The minimum absolute atomic E-state index is 0.0666. The molecule has 0 radical (unpaired) electrons. The van der Waals surface area contributed by atoms with E-state index in [9.17, 15) is 4.79 Å². The number of unbranched alkanes of at least 4 members (excludes halogenated alkanes) is 12. The highest BCUT2D eigenvalue weighted by Crippen LogP contribution is 2.23. The standard InChI is InChI=1S/C27H51N3O/c1-4-6-7-8-9-10-11-12-13-14-15-16-17-18-19-20-21-27-29-23-25-30(27,5-2)24-22-28-26(3)31/h8-9,23,25,27,29H,4-7,10-22,24H2,1-3H3/p+1/b9-8+. The van der Waals surface area contributed by atoms with Gasteiger partial charge in [0.25, 0.3) is 0 Å². The smallest absolute Gasteiger partial charge is 0.217 e. The van der Waals surface area contributed by atoms with Gasteiger partial charge in [0.2, 0.25) is 5.91 Å². The van der Waals surface area contributed by atoms with Crippen LogP contribution in [0.25, 0.3) is 0 Å². The lowest BCUT2D eigenvalue weighted by Crippen LogP contribution is -2.55. The van der Waals surface area contributed by atoms with Gasteiger partial charge in [0.1, 0.15) is 12.7 Å². The van der Waals surface area contributed by atoms with Crippen molar-refractivity contribution in [1.29, 1.82) is 0 Å². The topological polar surface area (TPSA) is 41.1 Å². The maximum Gasteiger partial charge on any atom is 0.217 e. The van der Waals surface area contributed by atoms with Gasteiger partial charge in [-0.25, -0.2) is 0 Å². The number of nitrogens with one attached hydrogen (secondary N) is 2. The predicted molar refractivity (Wildman–Crippen MR) is 134 cm³/mol. The highest BCUT2D eigenvalue weighted by atomic mass is 16.1. The van der Waals surface area contributed by atoms with Crippen LogP contribution in [0.5, 0.6) is 0 Å². The van der Waals surface area contributed by atoms with Gasteiger partial charge < -0.3 is 10.6 Å². The van der Waals surface area contributed by atoms with E-state index in [4.69, 9.17) is 0 Å². The number of rotatable bonds is 20. The monoisotopic (exact) mass is 434 g/mol. The Bertz CT molecular complexity index is 503. The second kappa shape index (κ2) is 18.3. The third kappa shape index (κ3) is 13.0. The van der Waals surface area contributed by atoms with Crippen LogP contribution in [0.1, 0.15) is 117 Å². The van der Waals surface area contributed by atoms with Crippen LogP contribution in [0.2, 0.25) is 0 Å². The first kappa shape index (κ1) is 27.7. The zero-order valence-corrected chi connectivity index (χ0v) is 21.0. The van der Waals surface area contributed by atoms with Crippen LogP contribution >= 0.6 is 0 Å². The molecule has 4 heteroatoms. The fourth-order valence-electron chi connectivity index (χ4n) is 4.62. The van der Waals surface area contributed by atoms with Crippen molar-refractivity contribution in [2.24, 2.45) is 0 Å². The molecule has 2 atom stereocenters. The lowest BCUT2D eigenvalue weighted by molar-refractivity contribution is -0.898. The SMILES string of the molecule is CCCC/C=C/CCCCCCCCCCCCC1NC=C[N+]1(CC)CCNC(C)=O. The average molecular weight is 435 g/mol. The van der Waals surface area contributed by atoms with Crippen LogP contribution in [0.4, 0.5) is 0 Å². The summed E-state index contributed by atoms with van der Waals surface area (Å²) in [5, 5.41) is 6.52. The van der Waals surface area contributed by atoms with Crippen LogP contribution in [0.15, 0.2) is 24.6 Å². The largest absolute Gasteiger partial charge is 0.351 e. The number of likely N-dealkylation sites (N-methyl/N-ethyl adjacent to an activating group) is 1. The van der Waals surface area contributed by atoms with Crippen molar-refractivity contribution in [1.82, 2.24) is 10.6 Å². The van der Waals surface area contributed by atoms with E-state index in [0.29, 0.717) is 6.17 Å². The van der Waals surface area contributed by atoms with Crippen molar-refractivity contribution in [3.05, 3.63) is 24.6 Å². The summed E-state index contributed by atoms with van der Waals surface area (Å²) in [7, 11) is 0. The molecule has 4 nitrogen and oxygen atoms in total. The molecule has 2 unspecified atom stereocenters. The van der Waals surface area contributed by atoms with Gasteiger partial charge in [-0.3, -0.25) is 9.28 Å². The quantitative estimate of drug-likeness (QED) is 0.126. The zero-order chi connectivity index (χ0) is 22.6. The minimum atomic E-state index is 0.0666. The normalized spacial score (nSPS) is 20.4. The van der Waals surface area contributed by atoms with Gasteiger partial charge in [0.05, 0.1) is 19.3 Å². The van der Waals surface area contributed by atoms with Crippen molar-refractivity contribution in [2.75, 3.05) is 19.6 Å². The number of nitrogens with zero attached hydrogens (tertiary/aromatic N) is 1. The molecule has 0 aliphatic carbocycles. The van der Waals surface area contributed by atoms with E-state index in [0.717, 1.165) is 24.1 Å². The number of carbonyl (C=O) groups excluding carboxylic acids is 1. The summed E-state index contributed by atoms with van der Waals surface area (Å²) in [4.78, 5) is 11.2. The molecule has 0 spiro atoms. The van der Waals surface area contributed by atoms with E-state index in [1.807, 2.05) is 0 Å². The number of allylic oxidation sites excluding steroid dienone is 2. The summed E-state index contributed by atoms with van der Waals surface area (Å²) >= 11 is 0. The molecule has 0 bridgehead atoms. The predicted octanol–water partition coefficient (Wildman–Crippen LogP) is 6.79.